The van der Waals surface area contributed by atoms with Crippen molar-refractivity contribution in [3.8, 4) is 34.5 Å². The molecule has 1 amide bonds. The van der Waals surface area contributed by atoms with Crippen molar-refractivity contribution in [2.45, 2.75) is 83.4 Å². The molecule has 10 rings (SSSR count). The fourth-order valence-electron chi connectivity index (χ4n) is 10.3. The van der Waals surface area contributed by atoms with E-state index in [1.807, 2.05) is 96.8 Å². The van der Waals surface area contributed by atoms with Gasteiger partial charge in [0.2, 0.25) is 0 Å². The summed E-state index contributed by atoms with van der Waals surface area (Å²) in [6, 6.07) is 28.3. The van der Waals surface area contributed by atoms with E-state index >= 15 is 8.78 Å². The maximum atomic E-state index is 18.4. The van der Waals surface area contributed by atoms with E-state index in [2.05, 4.69) is 20.1 Å². The number of rotatable bonds is 14. The van der Waals surface area contributed by atoms with Crippen LogP contribution in [0.3, 0.4) is 0 Å². The van der Waals surface area contributed by atoms with Crippen LogP contribution in [0.5, 0.6) is 23.3 Å². The van der Waals surface area contributed by atoms with E-state index in [0.717, 1.165) is 47.4 Å². The van der Waals surface area contributed by atoms with E-state index < -0.39 is 35.3 Å². The zero-order chi connectivity index (χ0) is 50.3. The Labute approximate surface area is 422 Å². The largest absolute Gasteiger partial charge is 0.497 e. The van der Waals surface area contributed by atoms with E-state index in [1.54, 1.807) is 47.3 Å². The fourth-order valence-corrected chi connectivity index (χ4v) is 10.6. The number of amides is 1. The van der Waals surface area contributed by atoms with Crippen molar-refractivity contribution in [1.82, 2.24) is 24.8 Å². The molecule has 17 heteroatoms. The van der Waals surface area contributed by atoms with Crippen LogP contribution in [-0.2, 0) is 17.8 Å². The van der Waals surface area contributed by atoms with Crippen molar-refractivity contribution in [3.05, 3.63) is 125 Å². The van der Waals surface area contributed by atoms with Crippen molar-refractivity contribution in [1.29, 1.82) is 0 Å². The highest BCUT2D eigenvalue weighted by Gasteiger charge is 2.49. The number of nitrogens with one attached hydrogen (secondary N) is 1. The number of alkyl halides is 1. The predicted molar refractivity (Wildman–Crippen MR) is 275 cm³/mol. The molecule has 14 nitrogen and oxygen atoms in total. The van der Waals surface area contributed by atoms with Crippen molar-refractivity contribution < 1.29 is 37.3 Å². The first kappa shape index (κ1) is 48.6. The Bertz CT molecular complexity index is 3090. The molecule has 3 aliphatic rings. The minimum absolute atomic E-state index is 0.00380. The second kappa shape index (κ2) is 19.9. The van der Waals surface area contributed by atoms with Crippen LogP contribution in [0.4, 0.5) is 31.0 Å². The van der Waals surface area contributed by atoms with Crippen molar-refractivity contribution >= 4 is 56.8 Å². The first-order valence-electron chi connectivity index (χ1n) is 24.2. The second-order valence-corrected chi connectivity index (χ2v) is 20.0. The number of hydrogen-bond acceptors (Lipinski definition) is 13. The third-order valence-electron chi connectivity index (χ3n) is 13.8. The van der Waals surface area contributed by atoms with Gasteiger partial charge in [0, 0.05) is 43.2 Å². The summed E-state index contributed by atoms with van der Waals surface area (Å²) >= 11 is 7.54. The lowest BCUT2D eigenvalue weighted by Crippen LogP contribution is -2.43. The van der Waals surface area contributed by atoms with Gasteiger partial charge in [0.15, 0.2) is 11.6 Å². The molecule has 7 aromatic rings. The molecule has 3 aliphatic heterocycles. The van der Waals surface area contributed by atoms with Gasteiger partial charge in [-0.15, -0.1) is 0 Å². The molecule has 3 atom stereocenters. The summed E-state index contributed by atoms with van der Waals surface area (Å²) in [5.41, 5.74) is 1.52. The first-order valence-corrected chi connectivity index (χ1v) is 24.6. The van der Waals surface area contributed by atoms with Crippen LogP contribution in [0, 0.1) is 5.82 Å². The summed E-state index contributed by atoms with van der Waals surface area (Å²) in [4.78, 5) is 39.0. The number of methoxy groups -OCH3 is 2. The van der Waals surface area contributed by atoms with Gasteiger partial charge in [-0.1, -0.05) is 66.2 Å². The number of pyridine rings is 2. The molecule has 374 valence electrons. The Kier molecular flexibility index (Phi) is 13.4. The Hall–Kier alpha value is -7.04. The first-order chi connectivity index (χ1) is 34.7. The lowest BCUT2D eigenvalue weighted by Gasteiger charge is -2.32. The maximum Gasteiger partial charge on any atom is 0.413 e. The zero-order valence-corrected chi connectivity index (χ0v) is 41.9. The molecule has 0 saturated carbocycles. The third-order valence-corrected chi connectivity index (χ3v) is 14.1. The summed E-state index contributed by atoms with van der Waals surface area (Å²) in [6.07, 6.45) is 1.90. The molecule has 4 aromatic carbocycles. The number of halogens is 3. The lowest BCUT2D eigenvalue weighted by molar-refractivity contribution is 0.0635. The van der Waals surface area contributed by atoms with Crippen LogP contribution in [0.15, 0.2) is 97.2 Å². The van der Waals surface area contributed by atoms with E-state index in [-0.39, 0.29) is 64.5 Å². The van der Waals surface area contributed by atoms with Crippen LogP contribution < -0.4 is 34.1 Å². The van der Waals surface area contributed by atoms with Crippen molar-refractivity contribution in [3.63, 3.8) is 0 Å². The zero-order valence-electron chi connectivity index (χ0n) is 41.2. The van der Waals surface area contributed by atoms with E-state index in [0.29, 0.717) is 48.6 Å². The Morgan fingerprint density at radius 1 is 0.958 bits per heavy atom. The lowest BCUT2D eigenvalue weighted by atomic mass is 9.95. The molecule has 0 bridgehead atoms. The SMILES string of the molecule is COc1ccc(CN(Cc2ccc(OC)cc2)c2cc3ccccc3c(-c3c(Cl)c4c5c(nc(OC[C@@]67CCCN6C[C@H](F)C7)nc5c3F)N([C@H](C)c3cccnc3NC(=O)OC(C)(C)C)CCO4)n2)cc1. The molecule has 3 aromatic heterocycles. The highest BCUT2D eigenvalue weighted by molar-refractivity contribution is 6.37. The van der Waals surface area contributed by atoms with Crippen molar-refractivity contribution in [2.75, 3.05) is 62.2 Å². The number of carbonyl (C=O) groups is 1. The number of anilines is 3. The summed E-state index contributed by atoms with van der Waals surface area (Å²) in [6.45, 7) is 9.73. The van der Waals surface area contributed by atoms with Gasteiger partial charge in [-0.05, 0) is 100.0 Å². The molecule has 2 saturated heterocycles. The summed E-state index contributed by atoms with van der Waals surface area (Å²) in [5, 5.41) is 4.50. The number of benzene rings is 4. The molecule has 0 spiro atoms. The third kappa shape index (κ3) is 9.69. The number of carbonyl (C=O) groups excluding carboxylic acids is 1. The molecule has 0 radical (unpaired) electrons. The average Bonchev–Trinajstić information content (AvgIpc) is 3.82. The van der Waals surface area contributed by atoms with Gasteiger partial charge < -0.3 is 33.5 Å². The topological polar surface area (TPSA) is 137 Å². The summed E-state index contributed by atoms with van der Waals surface area (Å²) in [7, 11) is 3.26. The summed E-state index contributed by atoms with van der Waals surface area (Å²) in [5.74, 6) is 2.03. The average molecular weight is 1000 g/mol. The molecule has 0 unspecified atom stereocenters. The predicted octanol–water partition coefficient (Wildman–Crippen LogP) is 11.5. The molecule has 2 fully saturated rings. The van der Waals surface area contributed by atoms with Crippen LogP contribution >= 0.6 is 11.6 Å². The number of nitrogens with zero attached hydrogens (tertiary/aromatic N) is 7. The highest BCUT2D eigenvalue weighted by Crippen LogP contribution is 2.50. The van der Waals surface area contributed by atoms with Crippen LogP contribution in [0.1, 0.15) is 69.7 Å². The highest BCUT2D eigenvalue weighted by atomic mass is 35.5. The normalized spacial score (nSPS) is 18.1. The molecular weight excluding hydrogens is 942 g/mol. The Balaban J connectivity index is 1.13. The van der Waals surface area contributed by atoms with Gasteiger partial charge in [0.05, 0.1) is 54.0 Å². The van der Waals surface area contributed by atoms with E-state index in [9.17, 15) is 4.79 Å². The minimum Gasteiger partial charge on any atom is -0.497 e. The van der Waals surface area contributed by atoms with E-state index in [4.69, 9.17) is 50.2 Å². The monoisotopic (exact) mass is 998 g/mol. The van der Waals surface area contributed by atoms with E-state index in [1.165, 1.54) is 0 Å². The quantitative estimate of drug-likeness (QED) is 0.111. The van der Waals surface area contributed by atoms with Gasteiger partial charge in [0.25, 0.3) is 0 Å². The number of ether oxygens (including phenoxy) is 5. The van der Waals surface area contributed by atoms with Crippen LogP contribution in [0.2, 0.25) is 5.02 Å². The number of hydrogen-bond donors (Lipinski definition) is 1. The molecular formula is C55H57ClF2N8O6. The smallest absolute Gasteiger partial charge is 0.413 e. The molecule has 72 heavy (non-hydrogen) atoms. The standard InChI is InChI=1S/C55H57ClF2N8O6/c1-33(40-13-9-23-59-50(40)62-53(67)72-54(2,3)4)66-25-26-70-49-44-48(61-52(63-51(44)66)71-32-55-22-10-24-65(55)31-37(57)28-55)46(58)43(45(49)56)47-41-12-8-7-11-36(41)27-42(60-47)64(29-34-14-18-38(68-5)19-15-34)30-35-16-20-39(69-6)21-17-35/h7-9,11-21,23,27,33,37H,10,22,24-26,28-32H2,1-6H3,(H,59,62,67)/t33-,37-,55+/m1/s1. The van der Waals surface area contributed by atoms with Gasteiger partial charge in [-0.2, -0.15) is 9.97 Å². The summed E-state index contributed by atoms with van der Waals surface area (Å²) < 4.78 is 63.1. The molecule has 6 heterocycles. The molecule has 1 N–H and O–H groups in total. The number of aromatic nitrogens is 4. The van der Waals surface area contributed by atoms with Crippen molar-refractivity contribution in [2.24, 2.45) is 0 Å². The van der Waals surface area contributed by atoms with Crippen LogP contribution in [0.25, 0.3) is 32.9 Å². The van der Waals surface area contributed by atoms with Gasteiger partial charge >= 0.3 is 12.1 Å². The number of fused-ring (bicyclic) bond motifs is 2. The molecule has 0 aliphatic carbocycles. The van der Waals surface area contributed by atoms with Gasteiger partial charge in [-0.25, -0.2) is 23.5 Å². The van der Waals surface area contributed by atoms with Crippen LogP contribution in [-0.4, -0.2) is 95.3 Å². The Morgan fingerprint density at radius 2 is 1.67 bits per heavy atom. The maximum absolute atomic E-state index is 18.4. The van der Waals surface area contributed by atoms with Gasteiger partial charge in [0.1, 0.15) is 59.5 Å². The van der Waals surface area contributed by atoms with Gasteiger partial charge in [-0.3, -0.25) is 10.2 Å². The second-order valence-electron chi connectivity index (χ2n) is 19.6. The fraction of sp³-hybridized carbons (Fsp3) is 0.364. The minimum atomic E-state index is -0.987. The Morgan fingerprint density at radius 3 is 2.36 bits per heavy atom.